The number of hydrogen-bond donors (Lipinski definition) is 2. The normalized spacial score (nSPS) is 14.7. The van der Waals surface area contributed by atoms with Crippen LogP contribution < -0.4 is 5.32 Å². The molecule has 0 aliphatic heterocycles. The summed E-state index contributed by atoms with van der Waals surface area (Å²) in [7, 11) is 0. The Morgan fingerprint density at radius 1 is 1.16 bits per heavy atom. The van der Waals surface area contributed by atoms with Crippen molar-refractivity contribution < 1.29 is 18.3 Å². The fraction of sp³-hybridized carbons (Fsp3) is 0.294. The van der Waals surface area contributed by atoms with E-state index in [1.165, 1.54) is 16.8 Å². The van der Waals surface area contributed by atoms with Crippen molar-refractivity contribution in [1.29, 1.82) is 0 Å². The molecule has 4 nitrogen and oxygen atoms in total. The maximum absolute atomic E-state index is 13.5. The molecule has 2 heterocycles. The van der Waals surface area contributed by atoms with Crippen molar-refractivity contribution in [1.82, 2.24) is 9.97 Å². The second-order valence-corrected chi connectivity index (χ2v) is 7.02. The summed E-state index contributed by atoms with van der Waals surface area (Å²) >= 11 is 1.61. The SMILES string of the molecule is OC[C@@H](Nc1ncnc2sc3c(c12)CCC3)c1cc(F)c(F)c(F)c1. The Bertz CT molecular complexity index is 937. The van der Waals surface area contributed by atoms with Gasteiger partial charge in [0.15, 0.2) is 17.5 Å². The number of aliphatic hydroxyl groups is 1. The Morgan fingerprint density at radius 2 is 1.92 bits per heavy atom. The van der Waals surface area contributed by atoms with Crippen LogP contribution in [0.4, 0.5) is 19.0 Å². The number of anilines is 1. The largest absolute Gasteiger partial charge is 0.394 e. The second-order valence-electron chi connectivity index (χ2n) is 5.94. The molecule has 0 spiro atoms. The van der Waals surface area contributed by atoms with Gasteiger partial charge in [0, 0.05) is 4.88 Å². The number of benzene rings is 1. The van der Waals surface area contributed by atoms with E-state index >= 15 is 0 Å². The molecular weight excluding hydrogens is 351 g/mol. The maximum Gasteiger partial charge on any atom is 0.194 e. The lowest BCUT2D eigenvalue weighted by molar-refractivity contribution is 0.275. The summed E-state index contributed by atoms with van der Waals surface area (Å²) in [6.45, 7) is -0.428. The fourth-order valence-electron chi connectivity index (χ4n) is 3.21. The Hall–Kier alpha value is -2.19. The van der Waals surface area contributed by atoms with E-state index in [2.05, 4.69) is 15.3 Å². The molecule has 1 aromatic carbocycles. The third kappa shape index (κ3) is 2.75. The van der Waals surface area contributed by atoms with E-state index in [9.17, 15) is 18.3 Å². The Morgan fingerprint density at radius 3 is 2.64 bits per heavy atom. The molecular formula is C17H14F3N3OS. The Balaban J connectivity index is 1.75. The van der Waals surface area contributed by atoms with Gasteiger partial charge in [-0.05, 0) is 42.5 Å². The van der Waals surface area contributed by atoms with E-state index < -0.39 is 30.1 Å². The van der Waals surface area contributed by atoms with Crippen molar-refractivity contribution in [2.24, 2.45) is 0 Å². The zero-order valence-electron chi connectivity index (χ0n) is 13.0. The number of aromatic nitrogens is 2. The van der Waals surface area contributed by atoms with Gasteiger partial charge in [0.25, 0.3) is 0 Å². The van der Waals surface area contributed by atoms with Gasteiger partial charge in [-0.1, -0.05) is 0 Å². The zero-order valence-corrected chi connectivity index (χ0v) is 13.8. The van der Waals surface area contributed by atoms with Crippen LogP contribution in [0.5, 0.6) is 0 Å². The molecule has 0 saturated carbocycles. The van der Waals surface area contributed by atoms with E-state index in [-0.39, 0.29) is 5.56 Å². The van der Waals surface area contributed by atoms with E-state index in [0.717, 1.165) is 41.6 Å². The van der Waals surface area contributed by atoms with E-state index in [4.69, 9.17) is 0 Å². The predicted octanol–water partition coefficient (Wildman–Crippen LogP) is 3.74. The monoisotopic (exact) mass is 365 g/mol. The van der Waals surface area contributed by atoms with Crippen LogP contribution in [-0.4, -0.2) is 21.7 Å². The summed E-state index contributed by atoms with van der Waals surface area (Å²) in [6.07, 6.45) is 4.43. The summed E-state index contributed by atoms with van der Waals surface area (Å²) in [6, 6.07) is 0.936. The maximum atomic E-state index is 13.5. The summed E-state index contributed by atoms with van der Waals surface area (Å²) in [5.74, 6) is -3.60. The van der Waals surface area contributed by atoms with Gasteiger partial charge < -0.3 is 10.4 Å². The van der Waals surface area contributed by atoms with Crippen LogP contribution >= 0.6 is 11.3 Å². The molecule has 2 N–H and O–H groups in total. The highest BCUT2D eigenvalue weighted by molar-refractivity contribution is 7.19. The number of halogens is 3. The molecule has 25 heavy (non-hydrogen) atoms. The molecule has 0 bridgehead atoms. The number of nitrogens with one attached hydrogen (secondary N) is 1. The highest BCUT2D eigenvalue weighted by Gasteiger charge is 2.23. The number of fused-ring (bicyclic) bond motifs is 3. The summed E-state index contributed by atoms with van der Waals surface area (Å²) in [5.41, 5.74) is 1.30. The van der Waals surface area contributed by atoms with Gasteiger partial charge in [0.1, 0.15) is 17.0 Å². The van der Waals surface area contributed by atoms with Gasteiger partial charge >= 0.3 is 0 Å². The highest BCUT2D eigenvalue weighted by Crippen LogP contribution is 2.39. The van der Waals surface area contributed by atoms with Crippen molar-refractivity contribution in [2.75, 3.05) is 11.9 Å². The number of nitrogens with zero attached hydrogens (tertiary/aromatic N) is 2. The second kappa shape index (κ2) is 6.27. The molecule has 2 aromatic heterocycles. The van der Waals surface area contributed by atoms with Crippen molar-refractivity contribution in [3.05, 3.63) is 51.9 Å². The molecule has 0 saturated heterocycles. The Labute approximate surface area is 145 Å². The molecule has 1 aliphatic carbocycles. The first kappa shape index (κ1) is 16.3. The highest BCUT2D eigenvalue weighted by atomic mass is 32.1. The first-order valence-electron chi connectivity index (χ1n) is 7.85. The molecule has 0 radical (unpaired) electrons. The van der Waals surface area contributed by atoms with Crippen LogP contribution in [0.25, 0.3) is 10.2 Å². The molecule has 0 fully saturated rings. The molecule has 4 rings (SSSR count). The van der Waals surface area contributed by atoms with E-state index in [1.807, 2.05) is 0 Å². The number of rotatable bonds is 4. The topological polar surface area (TPSA) is 58.0 Å². The van der Waals surface area contributed by atoms with Gasteiger partial charge in [-0.2, -0.15) is 0 Å². The lowest BCUT2D eigenvalue weighted by Gasteiger charge is -2.18. The van der Waals surface area contributed by atoms with Crippen LogP contribution in [0.15, 0.2) is 18.5 Å². The smallest absolute Gasteiger partial charge is 0.194 e. The molecule has 1 atom stereocenters. The van der Waals surface area contributed by atoms with Gasteiger partial charge in [0.05, 0.1) is 18.0 Å². The first-order valence-corrected chi connectivity index (χ1v) is 8.67. The molecule has 1 aliphatic rings. The van der Waals surface area contributed by atoms with Crippen LogP contribution in [0.2, 0.25) is 0 Å². The van der Waals surface area contributed by atoms with Crippen LogP contribution in [0.3, 0.4) is 0 Å². The zero-order chi connectivity index (χ0) is 17.6. The number of aryl methyl sites for hydroxylation is 2. The summed E-state index contributed by atoms with van der Waals surface area (Å²) in [4.78, 5) is 10.6. The third-order valence-electron chi connectivity index (χ3n) is 4.40. The van der Waals surface area contributed by atoms with Gasteiger partial charge in [-0.15, -0.1) is 11.3 Å². The van der Waals surface area contributed by atoms with Crippen molar-refractivity contribution >= 4 is 27.4 Å². The minimum absolute atomic E-state index is 0.109. The van der Waals surface area contributed by atoms with E-state index in [1.54, 1.807) is 11.3 Å². The lowest BCUT2D eigenvalue weighted by Crippen LogP contribution is -2.17. The number of aliphatic hydroxyl groups excluding tert-OH is 1. The standard InChI is InChI=1S/C17H14F3N3OS/c18-10-4-8(5-11(19)15(10)20)12(6-24)23-16-14-9-2-1-3-13(9)25-17(14)22-7-21-16/h4-5,7,12,24H,1-3,6H2,(H,21,22,23)/t12-/m1/s1. The quantitative estimate of drug-likeness (QED) is 0.692. The molecule has 3 aromatic rings. The third-order valence-corrected chi connectivity index (χ3v) is 5.60. The number of thiophene rings is 1. The summed E-state index contributed by atoms with van der Waals surface area (Å²) < 4.78 is 40.2. The number of hydrogen-bond acceptors (Lipinski definition) is 5. The predicted molar refractivity (Wildman–Crippen MR) is 89.2 cm³/mol. The average Bonchev–Trinajstić information content (AvgIpc) is 3.18. The van der Waals surface area contributed by atoms with Gasteiger partial charge in [0.2, 0.25) is 0 Å². The van der Waals surface area contributed by atoms with Crippen molar-refractivity contribution in [3.8, 4) is 0 Å². The van der Waals surface area contributed by atoms with Gasteiger partial charge in [-0.3, -0.25) is 0 Å². The molecule has 130 valence electrons. The Kier molecular flexibility index (Phi) is 4.09. The minimum atomic E-state index is -1.53. The molecule has 0 amide bonds. The van der Waals surface area contributed by atoms with Crippen LogP contribution in [0.1, 0.15) is 28.5 Å². The molecule has 0 unspecified atom stereocenters. The van der Waals surface area contributed by atoms with Crippen molar-refractivity contribution in [3.63, 3.8) is 0 Å². The van der Waals surface area contributed by atoms with E-state index in [0.29, 0.717) is 5.82 Å². The van der Waals surface area contributed by atoms with Crippen molar-refractivity contribution in [2.45, 2.75) is 25.3 Å². The summed E-state index contributed by atoms with van der Waals surface area (Å²) in [5, 5.41) is 13.6. The average molecular weight is 365 g/mol. The molecule has 8 heteroatoms. The fourth-order valence-corrected chi connectivity index (χ4v) is 4.44. The van der Waals surface area contributed by atoms with Gasteiger partial charge in [-0.25, -0.2) is 23.1 Å². The first-order chi connectivity index (χ1) is 12.1. The lowest BCUT2D eigenvalue weighted by atomic mass is 10.1. The van der Waals surface area contributed by atoms with Crippen LogP contribution in [0, 0.1) is 17.5 Å². The van der Waals surface area contributed by atoms with Crippen LogP contribution in [-0.2, 0) is 12.8 Å². The minimum Gasteiger partial charge on any atom is -0.394 e.